The molecule has 7 heteroatoms. The highest BCUT2D eigenvalue weighted by Gasteiger charge is 2.18. The molecule has 0 aromatic heterocycles. The van der Waals surface area contributed by atoms with Crippen LogP contribution in [0.1, 0.15) is 6.92 Å². The average Bonchev–Trinajstić information content (AvgIpc) is 2.47. The van der Waals surface area contributed by atoms with E-state index in [1.165, 1.54) is 0 Å². The number of aliphatic hydroxyl groups excluding tert-OH is 1. The molecule has 1 aliphatic heterocycles. The lowest BCUT2D eigenvalue weighted by Gasteiger charge is -2.34. The van der Waals surface area contributed by atoms with Crippen molar-refractivity contribution in [3.63, 3.8) is 0 Å². The first-order chi connectivity index (χ1) is 9.67. The van der Waals surface area contributed by atoms with Gasteiger partial charge >= 0.3 is 0 Å². The van der Waals surface area contributed by atoms with Crippen LogP contribution in [0.15, 0.2) is 24.3 Å². The smallest absolute Gasteiger partial charge is 0.119 e. The maximum absolute atomic E-state index is 10.0. The van der Waals surface area contributed by atoms with E-state index in [2.05, 4.69) is 16.7 Å². The van der Waals surface area contributed by atoms with Gasteiger partial charge in [-0.05, 0) is 30.8 Å². The zero-order valence-electron chi connectivity index (χ0n) is 12.7. The summed E-state index contributed by atoms with van der Waals surface area (Å²) in [6.07, 6.45) is -0.459. The number of halogens is 3. The number of β-amino-alcohol motifs (C(OH)–C–C–N with tert-alkyl or cyclic N) is 1. The van der Waals surface area contributed by atoms with Crippen LogP contribution in [-0.4, -0.2) is 66.9 Å². The summed E-state index contributed by atoms with van der Waals surface area (Å²) in [5.74, 6) is 0.740. The standard InChI is InChI=1S/C15H23ClN2O2.2ClH/c1-2-17-7-9-18(10-8-17)11-14(19)12-20-15-5-3-13(16)4-6-15;;/h3-6,14,19H,2,7-12H2,1H3;2*1H/p-2. The monoisotopic (exact) mass is 368 g/mol. The molecule has 0 aliphatic carbocycles. The lowest BCUT2D eigenvalue weighted by atomic mass is 10.2. The molecule has 2 rings (SSSR count). The predicted octanol–water partition coefficient (Wildman–Crippen LogP) is -4.27. The van der Waals surface area contributed by atoms with Gasteiger partial charge in [0.1, 0.15) is 18.5 Å². The number of nitrogens with zero attached hydrogens (tertiary/aromatic N) is 2. The molecule has 1 heterocycles. The van der Waals surface area contributed by atoms with E-state index >= 15 is 0 Å². The molecule has 0 bridgehead atoms. The van der Waals surface area contributed by atoms with Crippen molar-refractivity contribution in [2.75, 3.05) is 45.9 Å². The second-order valence-electron chi connectivity index (χ2n) is 5.15. The number of rotatable bonds is 6. The van der Waals surface area contributed by atoms with Crippen LogP contribution in [0, 0.1) is 0 Å². The van der Waals surface area contributed by atoms with E-state index in [1.807, 2.05) is 12.1 Å². The number of benzene rings is 1. The minimum Gasteiger partial charge on any atom is -1.00 e. The Kier molecular flexibility index (Phi) is 11.2. The molecule has 22 heavy (non-hydrogen) atoms. The summed E-state index contributed by atoms with van der Waals surface area (Å²) in [4.78, 5) is 4.72. The summed E-state index contributed by atoms with van der Waals surface area (Å²) >= 11 is 5.81. The van der Waals surface area contributed by atoms with Crippen molar-refractivity contribution in [1.29, 1.82) is 0 Å². The van der Waals surface area contributed by atoms with Crippen LogP contribution in [0.3, 0.4) is 0 Å². The van der Waals surface area contributed by atoms with Crippen LogP contribution in [0.2, 0.25) is 5.02 Å². The molecule has 0 saturated carbocycles. The maximum atomic E-state index is 10.0. The van der Waals surface area contributed by atoms with Crippen molar-refractivity contribution >= 4 is 11.6 Å². The highest BCUT2D eigenvalue weighted by Crippen LogP contribution is 2.15. The zero-order chi connectivity index (χ0) is 14.4. The van der Waals surface area contributed by atoms with Crippen molar-refractivity contribution in [1.82, 2.24) is 9.80 Å². The molecule has 1 N–H and O–H groups in total. The first-order valence-corrected chi connectivity index (χ1v) is 7.56. The molecule has 1 unspecified atom stereocenters. The minimum atomic E-state index is -0.459. The second kappa shape index (κ2) is 11.3. The van der Waals surface area contributed by atoms with E-state index in [0.717, 1.165) is 38.5 Å². The van der Waals surface area contributed by atoms with Crippen molar-refractivity contribution < 1.29 is 34.7 Å². The summed E-state index contributed by atoms with van der Waals surface area (Å²) in [7, 11) is 0. The number of ether oxygens (including phenoxy) is 1. The third-order valence-corrected chi connectivity index (χ3v) is 3.89. The third-order valence-electron chi connectivity index (χ3n) is 3.64. The van der Waals surface area contributed by atoms with E-state index in [0.29, 0.717) is 18.2 Å². The Morgan fingerprint density at radius 3 is 2.18 bits per heavy atom. The van der Waals surface area contributed by atoms with Gasteiger partial charge in [0.2, 0.25) is 0 Å². The molecule has 1 saturated heterocycles. The zero-order valence-corrected chi connectivity index (χ0v) is 15.0. The number of hydrogen-bond donors (Lipinski definition) is 1. The summed E-state index contributed by atoms with van der Waals surface area (Å²) < 4.78 is 5.56. The molecule has 0 spiro atoms. The van der Waals surface area contributed by atoms with Crippen LogP contribution in [0.25, 0.3) is 0 Å². The third kappa shape index (κ3) is 7.36. The molecule has 128 valence electrons. The van der Waals surface area contributed by atoms with Crippen molar-refractivity contribution in [3.05, 3.63) is 29.3 Å². The van der Waals surface area contributed by atoms with E-state index in [1.54, 1.807) is 12.1 Å². The van der Waals surface area contributed by atoms with Gasteiger partial charge in [-0.1, -0.05) is 18.5 Å². The largest absolute Gasteiger partial charge is 1.00 e. The predicted molar refractivity (Wildman–Crippen MR) is 81.5 cm³/mol. The van der Waals surface area contributed by atoms with E-state index in [4.69, 9.17) is 16.3 Å². The molecule has 1 aromatic rings. The number of aliphatic hydroxyl groups is 1. The van der Waals surface area contributed by atoms with E-state index < -0.39 is 6.10 Å². The van der Waals surface area contributed by atoms with Crippen molar-refractivity contribution in [2.24, 2.45) is 0 Å². The van der Waals surface area contributed by atoms with Crippen molar-refractivity contribution in [2.45, 2.75) is 13.0 Å². The minimum absolute atomic E-state index is 0. The highest BCUT2D eigenvalue weighted by atomic mass is 35.5. The van der Waals surface area contributed by atoms with Gasteiger partial charge in [0.05, 0.1) is 0 Å². The Hall–Kier alpha value is -0.230. The molecular formula is C15H23Cl3N2O2-2. The molecule has 1 aliphatic rings. The fourth-order valence-electron chi connectivity index (χ4n) is 2.36. The molecule has 4 nitrogen and oxygen atoms in total. The molecule has 0 radical (unpaired) electrons. The van der Waals surface area contributed by atoms with Gasteiger partial charge in [-0.2, -0.15) is 0 Å². The van der Waals surface area contributed by atoms with Gasteiger partial charge < -0.3 is 39.6 Å². The topological polar surface area (TPSA) is 35.9 Å². The van der Waals surface area contributed by atoms with Gasteiger partial charge in [0.25, 0.3) is 0 Å². The summed E-state index contributed by atoms with van der Waals surface area (Å²) in [6, 6.07) is 7.20. The molecule has 1 aromatic carbocycles. The lowest BCUT2D eigenvalue weighted by molar-refractivity contribution is -0.001000. The fourth-order valence-corrected chi connectivity index (χ4v) is 2.49. The number of hydrogen-bond acceptors (Lipinski definition) is 4. The number of likely N-dealkylation sites (N-methyl/N-ethyl adjacent to an activating group) is 1. The van der Waals surface area contributed by atoms with E-state index in [9.17, 15) is 5.11 Å². The second-order valence-corrected chi connectivity index (χ2v) is 5.59. The van der Waals surface area contributed by atoms with Crippen molar-refractivity contribution in [3.8, 4) is 5.75 Å². The average molecular weight is 370 g/mol. The van der Waals surface area contributed by atoms with Crippen LogP contribution in [-0.2, 0) is 0 Å². The molecule has 1 atom stereocenters. The first-order valence-electron chi connectivity index (χ1n) is 7.18. The fraction of sp³-hybridized carbons (Fsp3) is 0.600. The van der Waals surface area contributed by atoms with Gasteiger partial charge in [0.15, 0.2) is 0 Å². The molecule has 0 amide bonds. The highest BCUT2D eigenvalue weighted by molar-refractivity contribution is 6.30. The SMILES string of the molecule is CCN1CCN(CC(O)COc2ccc(Cl)cc2)CC1.[Cl-].[Cl-]. The maximum Gasteiger partial charge on any atom is 0.119 e. The Labute approximate surface area is 150 Å². The quantitative estimate of drug-likeness (QED) is 0.551. The Balaban J connectivity index is 0.00000220. The summed E-state index contributed by atoms with van der Waals surface area (Å²) in [6.45, 7) is 8.49. The lowest BCUT2D eigenvalue weighted by Crippen LogP contribution is -3.00. The molecular weight excluding hydrogens is 347 g/mol. The Morgan fingerprint density at radius 1 is 1.09 bits per heavy atom. The van der Waals surface area contributed by atoms with Crippen LogP contribution < -0.4 is 29.6 Å². The Morgan fingerprint density at radius 2 is 1.64 bits per heavy atom. The van der Waals surface area contributed by atoms with Crippen LogP contribution in [0.4, 0.5) is 0 Å². The van der Waals surface area contributed by atoms with E-state index in [-0.39, 0.29) is 24.8 Å². The summed E-state index contributed by atoms with van der Waals surface area (Å²) in [5.41, 5.74) is 0. The summed E-state index contributed by atoms with van der Waals surface area (Å²) in [5, 5.41) is 10.7. The van der Waals surface area contributed by atoms with Crippen LogP contribution >= 0.6 is 11.6 Å². The van der Waals surface area contributed by atoms with Crippen LogP contribution in [0.5, 0.6) is 5.75 Å². The number of piperazine rings is 1. The van der Waals surface area contributed by atoms with Gasteiger partial charge in [-0.3, -0.25) is 4.90 Å². The van der Waals surface area contributed by atoms with Gasteiger partial charge in [-0.25, -0.2) is 0 Å². The normalized spacial score (nSPS) is 17.2. The first kappa shape index (κ1) is 21.8. The van der Waals surface area contributed by atoms with Gasteiger partial charge in [0, 0.05) is 37.7 Å². The van der Waals surface area contributed by atoms with Gasteiger partial charge in [-0.15, -0.1) is 0 Å². The molecule has 1 fully saturated rings. The Bertz CT molecular complexity index is 398.